The maximum absolute atomic E-state index is 13.0. The third-order valence-corrected chi connectivity index (χ3v) is 4.72. The minimum Gasteiger partial charge on any atom is -0.497 e. The van der Waals surface area contributed by atoms with Gasteiger partial charge in [0.2, 0.25) is 0 Å². The van der Waals surface area contributed by atoms with Crippen LogP contribution in [0.15, 0.2) is 59.6 Å². The Labute approximate surface area is 161 Å². The largest absolute Gasteiger partial charge is 0.497 e. The first-order valence-electron chi connectivity index (χ1n) is 8.85. The monoisotopic (exact) mass is 377 g/mol. The van der Waals surface area contributed by atoms with Crippen LogP contribution in [0.1, 0.15) is 24.1 Å². The highest BCUT2D eigenvalue weighted by molar-refractivity contribution is 6.03. The number of tetrazole rings is 1. The van der Waals surface area contributed by atoms with Gasteiger partial charge in [0.25, 0.3) is 5.95 Å². The van der Waals surface area contributed by atoms with Gasteiger partial charge in [0.05, 0.1) is 7.11 Å². The molecule has 28 heavy (non-hydrogen) atoms. The smallest absolute Gasteiger partial charge is 0.317 e. The summed E-state index contributed by atoms with van der Waals surface area (Å²) in [5, 5.41) is 11.7. The van der Waals surface area contributed by atoms with Crippen molar-refractivity contribution < 1.29 is 14.3 Å². The van der Waals surface area contributed by atoms with Crippen molar-refractivity contribution in [1.29, 1.82) is 0 Å². The number of nitrogens with zero attached hydrogens (tertiary/aromatic N) is 5. The maximum Gasteiger partial charge on any atom is 0.317 e. The highest BCUT2D eigenvalue weighted by Gasteiger charge is 2.40. The predicted molar refractivity (Wildman–Crippen MR) is 101 cm³/mol. The summed E-state index contributed by atoms with van der Waals surface area (Å²) in [6, 6.07) is 16.6. The number of aromatic nitrogens is 4. The van der Waals surface area contributed by atoms with Crippen molar-refractivity contribution in [1.82, 2.24) is 20.2 Å². The SMILES string of the molecule is COc1ccc(C2C(C(=O)OCc3ccccc3)C(C)=Nc3nnnn32)cc1. The Balaban J connectivity index is 1.65. The van der Waals surface area contributed by atoms with Gasteiger partial charge in [-0.05, 0) is 40.6 Å². The molecule has 8 nitrogen and oxygen atoms in total. The molecule has 2 unspecified atom stereocenters. The average molecular weight is 377 g/mol. The summed E-state index contributed by atoms with van der Waals surface area (Å²) in [5.74, 6) is 0.0932. The topological polar surface area (TPSA) is 91.5 Å². The van der Waals surface area contributed by atoms with Crippen molar-refractivity contribution in [2.24, 2.45) is 10.9 Å². The molecule has 0 spiro atoms. The van der Waals surface area contributed by atoms with E-state index in [4.69, 9.17) is 9.47 Å². The number of aliphatic imine (C=N–C) groups is 1. The van der Waals surface area contributed by atoms with Crippen molar-refractivity contribution in [2.75, 3.05) is 7.11 Å². The first-order chi connectivity index (χ1) is 13.7. The second-order valence-electron chi connectivity index (χ2n) is 6.47. The van der Waals surface area contributed by atoms with Crippen LogP contribution in [-0.4, -0.2) is 39.0 Å². The zero-order valence-corrected chi connectivity index (χ0v) is 15.5. The van der Waals surface area contributed by atoms with Gasteiger partial charge in [-0.3, -0.25) is 4.79 Å². The highest BCUT2D eigenvalue weighted by Crippen LogP contribution is 2.36. The Morgan fingerprint density at radius 2 is 1.86 bits per heavy atom. The molecule has 0 N–H and O–H groups in total. The third-order valence-electron chi connectivity index (χ3n) is 4.72. The van der Waals surface area contributed by atoms with E-state index in [1.54, 1.807) is 18.7 Å². The molecule has 1 aromatic heterocycles. The summed E-state index contributed by atoms with van der Waals surface area (Å²) in [7, 11) is 1.61. The molecular weight excluding hydrogens is 358 g/mol. The molecule has 2 atom stereocenters. The number of carbonyl (C=O) groups excluding carboxylic acids is 1. The molecular formula is C20H19N5O3. The quantitative estimate of drug-likeness (QED) is 0.635. The Hall–Kier alpha value is -3.55. The van der Waals surface area contributed by atoms with E-state index < -0.39 is 12.0 Å². The molecule has 3 aromatic rings. The highest BCUT2D eigenvalue weighted by atomic mass is 16.5. The fourth-order valence-corrected chi connectivity index (χ4v) is 3.29. The van der Waals surface area contributed by atoms with Crippen LogP contribution in [0, 0.1) is 5.92 Å². The minimum atomic E-state index is -0.631. The molecule has 0 saturated heterocycles. The molecule has 0 aliphatic carbocycles. The summed E-state index contributed by atoms with van der Waals surface area (Å²) in [4.78, 5) is 17.4. The number of carbonyl (C=O) groups is 1. The van der Waals surface area contributed by atoms with E-state index in [-0.39, 0.29) is 12.6 Å². The number of esters is 1. The number of hydrogen-bond donors (Lipinski definition) is 0. The standard InChI is InChI=1S/C20H19N5O3/c1-13-17(19(26)28-12-14-6-4-3-5-7-14)18(25-20(21-13)22-23-24-25)15-8-10-16(27-2)11-9-15/h3-11,17-18H,12H2,1-2H3. The van der Waals surface area contributed by atoms with Crippen LogP contribution >= 0.6 is 0 Å². The van der Waals surface area contributed by atoms with Gasteiger partial charge in [-0.1, -0.05) is 47.6 Å². The van der Waals surface area contributed by atoms with Crippen molar-refractivity contribution in [3.8, 4) is 5.75 Å². The molecule has 0 amide bonds. The van der Waals surface area contributed by atoms with Gasteiger partial charge >= 0.3 is 5.97 Å². The summed E-state index contributed by atoms with van der Waals surface area (Å²) in [6.07, 6.45) is 0. The lowest BCUT2D eigenvalue weighted by molar-refractivity contribution is -0.148. The van der Waals surface area contributed by atoms with Gasteiger partial charge in [0, 0.05) is 5.71 Å². The van der Waals surface area contributed by atoms with Crippen molar-refractivity contribution >= 4 is 17.6 Å². The van der Waals surface area contributed by atoms with Crippen molar-refractivity contribution in [3.05, 3.63) is 65.7 Å². The lowest BCUT2D eigenvalue weighted by atomic mass is 9.88. The van der Waals surface area contributed by atoms with Crippen molar-refractivity contribution in [3.63, 3.8) is 0 Å². The van der Waals surface area contributed by atoms with E-state index in [1.807, 2.05) is 54.6 Å². The first-order valence-corrected chi connectivity index (χ1v) is 8.85. The number of rotatable bonds is 5. The molecule has 4 rings (SSSR count). The molecule has 8 heteroatoms. The number of benzene rings is 2. The molecule has 2 aromatic carbocycles. The summed E-state index contributed by atoms with van der Waals surface area (Å²) >= 11 is 0. The van der Waals surface area contributed by atoms with E-state index in [1.165, 1.54) is 0 Å². The molecule has 1 aliphatic rings. The van der Waals surface area contributed by atoms with Gasteiger partial charge in [0.15, 0.2) is 0 Å². The number of fused-ring (bicyclic) bond motifs is 1. The van der Waals surface area contributed by atoms with Crippen LogP contribution in [0.3, 0.4) is 0 Å². The first kappa shape index (κ1) is 17.8. The Morgan fingerprint density at radius 3 is 2.57 bits per heavy atom. The Bertz CT molecular complexity index is 998. The summed E-state index contributed by atoms with van der Waals surface area (Å²) in [5.41, 5.74) is 2.40. The molecule has 1 aliphatic heterocycles. The lowest BCUT2D eigenvalue weighted by Crippen LogP contribution is -2.37. The van der Waals surface area contributed by atoms with E-state index in [2.05, 4.69) is 20.5 Å². The fraction of sp³-hybridized carbons (Fsp3) is 0.250. The predicted octanol–water partition coefficient (Wildman–Crippen LogP) is 2.74. The third kappa shape index (κ3) is 3.36. The average Bonchev–Trinajstić information content (AvgIpc) is 3.20. The van der Waals surface area contributed by atoms with Crippen LogP contribution in [0.5, 0.6) is 5.75 Å². The zero-order chi connectivity index (χ0) is 19.5. The van der Waals surface area contributed by atoms with Crippen LogP contribution < -0.4 is 4.74 Å². The van der Waals surface area contributed by atoms with Crippen molar-refractivity contribution in [2.45, 2.75) is 19.6 Å². The van der Waals surface area contributed by atoms with Crippen LogP contribution in [-0.2, 0) is 16.1 Å². The van der Waals surface area contributed by atoms with Gasteiger partial charge in [0.1, 0.15) is 24.3 Å². The van der Waals surface area contributed by atoms with E-state index in [0.717, 1.165) is 16.9 Å². The molecule has 2 heterocycles. The van der Waals surface area contributed by atoms with Gasteiger partial charge in [-0.25, -0.2) is 9.67 Å². The second-order valence-corrected chi connectivity index (χ2v) is 6.47. The molecule has 0 radical (unpaired) electrons. The van der Waals surface area contributed by atoms with Gasteiger partial charge < -0.3 is 9.47 Å². The van der Waals surface area contributed by atoms with Crippen LogP contribution in [0.25, 0.3) is 0 Å². The van der Waals surface area contributed by atoms with E-state index in [0.29, 0.717) is 11.7 Å². The zero-order valence-electron chi connectivity index (χ0n) is 15.5. The van der Waals surface area contributed by atoms with E-state index >= 15 is 0 Å². The summed E-state index contributed by atoms with van der Waals surface area (Å²) < 4.78 is 12.4. The Kier molecular flexibility index (Phi) is 4.84. The fourth-order valence-electron chi connectivity index (χ4n) is 3.29. The Morgan fingerprint density at radius 1 is 1.11 bits per heavy atom. The summed E-state index contributed by atoms with van der Waals surface area (Å²) in [6.45, 7) is 1.99. The molecule has 0 saturated carbocycles. The minimum absolute atomic E-state index is 0.196. The van der Waals surface area contributed by atoms with Gasteiger partial charge in [-0.15, -0.1) is 0 Å². The van der Waals surface area contributed by atoms with Gasteiger partial charge in [-0.2, -0.15) is 0 Å². The number of hydrogen-bond acceptors (Lipinski definition) is 7. The second kappa shape index (κ2) is 7.59. The van der Waals surface area contributed by atoms with Crippen LogP contribution in [0.4, 0.5) is 5.95 Å². The van der Waals surface area contributed by atoms with Crippen LogP contribution in [0.2, 0.25) is 0 Å². The lowest BCUT2D eigenvalue weighted by Gasteiger charge is -2.29. The molecule has 142 valence electrons. The number of ether oxygens (including phenoxy) is 2. The molecule has 0 fully saturated rings. The van der Waals surface area contributed by atoms with E-state index in [9.17, 15) is 4.79 Å². The number of methoxy groups -OCH3 is 1. The maximum atomic E-state index is 13.0. The molecule has 0 bridgehead atoms. The normalized spacial score (nSPS) is 18.1.